The van der Waals surface area contributed by atoms with Gasteiger partial charge in [0.2, 0.25) is 0 Å². The van der Waals surface area contributed by atoms with Crippen LogP contribution in [0, 0.1) is 6.92 Å². The van der Waals surface area contributed by atoms with Gasteiger partial charge in [0.1, 0.15) is 6.54 Å². The Morgan fingerprint density at radius 2 is 2.10 bits per heavy atom. The number of nitrogens with zero attached hydrogens (tertiary/aromatic N) is 5. The van der Waals surface area contributed by atoms with Crippen LogP contribution in [-0.4, -0.2) is 39.1 Å². The van der Waals surface area contributed by atoms with Gasteiger partial charge in [-0.05, 0) is 48.7 Å². The number of carbonyl (C=O) groups excluding carboxylic acids is 1. The van der Waals surface area contributed by atoms with Gasteiger partial charge in [0.25, 0.3) is 5.95 Å². The molecule has 1 aromatic heterocycles. The van der Waals surface area contributed by atoms with Crippen LogP contribution in [0.25, 0.3) is 0 Å². The molecule has 3 rings (SSSR count). The third-order valence-corrected chi connectivity index (χ3v) is 4.02. The predicted octanol–water partition coefficient (Wildman–Crippen LogP) is 2.12. The number of hydrogen-bond donors (Lipinski definition) is 0. The van der Waals surface area contributed by atoms with E-state index in [4.69, 9.17) is 11.6 Å². The van der Waals surface area contributed by atoms with Crippen molar-refractivity contribution in [3.05, 3.63) is 34.3 Å². The van der Waals surface area contributed by atoms with E-state index >= 15 is 0 Å². The second-order valence-corrected chi connectivity index (χ2v) is 5.61. The minimum atomic E-state index is -0.0554. The van der Waals surface area contributed by atoms with Crippen LogP contribution >= 0.6 is 11.6 Å². The summed E-state index contributed by atoms with van der Waals surface area (Å²) in [6, 6.07) is 5.23. The molecule has 7 heteroatoms. The number of aromatic nitrogens is 4. The molecule has 0 unspecified atom stereocenters. The van der Waals surface area contributed by atoms with Gasteiger partial charge in [-0.3, -0.25) is 4.79 Å². The number of ketones is 1. The molecule has 1 fully saturated rings. The van der Waals surface area contributed by atoms with E-state index in [1.807, 2.05) is 6.92 Å². The Hall–Kier alpha value is -1.95. The molecule has 2 aromatic rings. The van der Waals surface area contributed by atoms with Crippen molar-refractivity contribution in [3.63, 3.8) is 0 Å². The quantitative estimate of drug-likeness (QED) is 0.810. The molecule has 0 bridgehead atoms. The third-order valence-electron chi connectivity index (χ3n) is 3.60. The van der Waals surface area contributed by atoms with Gasteiger partial charge in [-0.25, -0.2) is 0 Å². The van der Waals surface area contributed by atoms with Crippen LogP contribution in [0.4, 0.5) is 5.95 Å². The molecule has 0 spiro atoms. The lowest BCUT2D eigenvalue weighted by Crippen LogP contribution is -2.19. The summed E-state index contributed by atoms with van der Waals surface area (Å²) in [5.41, 5.74) is 1.49. The van der Waals surface area contributed by atoms with Crippen molar-refractivity contribution in [2.24, 2.45) is 0 Å². The summed E-state index contributed by atoms with van der Waals surface area (Å²) >= 11 is 5.96. The van der Waals surface area contributed by atoms with Crippen molar-refractivity contribution < 1.29 is 4.79 Å². The number of benzene rings is 1. The lowest BCUT2D eigenvalue weighted by Gasteiger charge is -2.09. The lowest BCUT2D eigenvalue weighted by molar-refractivity contribution is 0.0961. The number of carbonyl (C=O) groups is 1. The number of anilines is 1. The highest BCUT2D eigenvalue weighted by Crippen LogP contribution is 2.17. The maximum absolute atomic E-state index is 12.2. The average Bonchev–Trinajstić information content (AvgIpc) is 3.12. The van der Waals surface area contributed by atoms with Crippen LogP contribution in [0.15, 0.2) is 18.2 Å². The van der Waals surface area contributed by atoms with Crippen molar-refractivity contribution in [2.45, 2.75) is 26.3 Å². The molecule has 1 aromatic carbocycles. The molecule has 0 aliphatic carbocycles. The van der Waals surface area contributed by atoms with Gasteiger partial charge in [-0.2, -0.15) is 4.80 Å². The summed E-state index contributed by atoms with van der Waals surface area (Å²) in [7, 11) is 0. The van der Waals surface area contributed by atoms with E-state index in [1.165, 1.54) is 4.80 Å². The third kappa shape index (κ3) is 3.05. The molecule has 0 amide bonds. The topological polar surface area (TPSA) is 63.9 Å². The minimum absolute atomic E-state index is 0.0554. The number of aryl methyl sites for hydroxylation is 1. The second kappa shape index (κ2) is 5.81. The first-order valence-electron chi connectivity index (χ1n) is 6.95. The number of halogens is 1. The van der Waals surface area contributed by atoms with Crippen molar-refractivity contribution >= 4 is 23.3 Å². The van der Waals surface area contributed by atoms with Gasteiger partial charge in [0.05, 0.1) is 0 Å². The monoisotopic (exact) mass is 305 g/mol. The molecule has 0 N–H and O–H groups in total. The first-order valence-corrected chi connectivity index (χ1v) is 7.33. The van der Waals surface area contributed by atoms with Gasteiger partial charge >= 0.3 is 0 Å². The van der Waals surface area contributed by atoms with E-state index in [9.17, 15) is 4.79 Å². The predicted molar refractivity (Wildman–Crippen MR) is 79.8 cm³/mol. The molecule has 1 aliphatic rings. The van der Waals surface area contributed by atoms with E-state index in [2.05, 4.69) is 20.3 Å². The number of Topliss-reactive ketones (excluding diaryl/α,β-unsaturated/α-hetero) is 1. The van der Waals surface area contributed by atoms with E-state index in [0.717, 1.165) is 31.5 Å². The Labute approximate surface area is 127 Å². The zero-order chi connectivity index (χ0) is 14.8. The fraction of sp³-hybridized carbons (Fsp3) is 0.429. The molecule has 1 saturated heterocycles. The Bertz CT molecular complexity index is 663. The summed E-state index contributed by atoms with van der Waals surface area (Å²) in [6.45, 7) is 3.87. The van der Waals surface area contributed by atoms with Gasteiger partial charge in [-0.15, -0.1) is 5.10 Å². The van der Waals surface area contributed by atoms with E-state index in [0.29, 0.717) is 16.5 Å². The Kier molecular flexibility index (Phi) is 3.88. The van der Waals surface area contributed by atoms with E-state index in [-0.39, 0.29) is 12.3 Å². The molecular weight excluding hydrogens is 290 g/mol. The van der Waals surface area contributed by atoms with Gasteiger partial charge < -0.3 is 4.90 Å². The standard InChI is InChI=1S/C14H16ClN5O/c1-10-8-11(4-5-12(10)15)13(21)9-20-17-14(16-18-20)19-6-2-3-7-19/h4-5,8H,2-3,6-7,9H2,1H3. The summed E-state index contributed by atoms with van der Waals surface area (Å²) in [5, 5.41) is 12.9. The maximum Gasteiger partial charge on any atom is 0.266 e. The van der Waals surface area contributed by atoms with Crippen LogP contribution < -0.4 is 4.90 Å². The van der Waals surface area contributed by atoms with Crippen molar-refractivity contribution in [3.8, 4) is 0 Å². The van der Waals surface area contributed by atoms with Crippen molar-refractivity contribution in [1.82, 2.24) is 20.2 Å². The molecule has 0 radical (unpaired) electrons. The van der Waals surface area contributed by atoms with Crippen molar-refractivity contribution in [1.29, 1.82) is 0 Å². The highest BCUT2D eigenvalue weighted by atomic mass is 35.5. The zero-order valence-electron chi connectivity index (χ0n) is 11.8. The molecular formula is C14H16ClN5O. The van der Waals surface area contributed by atoms with E-state index < -0.39 is 0 Å². The van der Waals surface area contributed by atoms with Crippen molar-refractivity contribution in [2.75, 3.05) is 18.0 Å². The first kappa shape index (κ1) is 14.0. The highest BCUT2D eigenvalue weighted by molar-refractivity contribution is 6.31. The smallest absolute Gasteiger partial charge is 0.266 e. The van der Waals surface area contributed by atoms with Crippen LogP contribution in [0.2, 0.25) is 5.02 Å². The van der Waals surface area contributed by atoms with Gasteiger partial charge in [-0.1, -0.05) is 16.7 Å². The SMILES string of the molecule is Cc1cc(C(=O)Cn2nnc(N3CCCC3)n2)ccc1Cl. The zero-order valence-corrected chi connectivity index (χ0v) is 12.5. The number of rotatable bonds is 4. The first-order chi connectivity index (χ1) is 10.1. The molecule has 21 heavy (non-hydrogen) atoms. The van der Waals surface area contributed by atoms with Crippen LogP contribution in [0.3, 0.4) is 0 Å². The summed E-state index contributed by atoms with van der Waals surface area (Å²) in [4.78, 5) is 15.7. The highest BCUT2D eigenvalue weighted by Gasteiger charge is 2.18. The maximum atomic E-state index is 12.2. The molecule has 110 valence electrons. The normalized spacial score (nSPS) is 14.7. The van der Waals surface area contributed by atoms with Crippen LogP contribution in [-0.2, 0) is 6.54 Å². The molecule has 2 heterocycles. The largest absolute Gasteiger partial charge is 0.338 e. The fourth-order valence-electron chi connectivity index (χ4n) is 2.38. The Morgan fingerprint density at radius 1 is 1.33 bits per heavy atom. The Morgan fingerprint density at radius 3 is 2.81 bits per heavy atom. The van der Waals surface area contributed by atoms with E-state index in [1.54, 1.807) is 18.2 Å². The minimum Gasteiger partial charge on any atom is -0.338 e. The molecule has 0 atom stereocenters. The molecule has 0 saturated carbocycles. The average molecular weight is 306 g/mol. The second-order valence-electron chi connectivity index (χ2n) is 5.20. The van der Waals surface area contributed by atoms with Crippen LogP contribution in [0.1, 0.15) is 28.8 Å². The summed E-state index contributed by atoms with van der Waals surface area (Å²) < 4.78 is 0. The lowest BCUT2D eigenvalue weighted by atomic mass is 10.1. The molecule has 1 aliphatic heterocycles. The Balaban J connectivity index is 1.70. The fourth-order valence-corrected chi connectivity index (χ4v) is 2.50. The number of tetrazole rings is 1. The molecule has 6 nitrogen and oxygen atoms in total. The summed E-state index contributed by atoms with van der Waals surface area (Å²) in [6.07, 6.45) is 2.30. The van der Waals surface area contributed by atoms with Crippen LogP contribution in [0.5, 0.6) is 0 Å². The summed E-state index contributed by atoms with van der Waals surface area (Å²) in [5.74, 6) is 0.549. The number of hydrogen-bond acceptors (Lipinski definition) is 5. The van der Waals surface area contributed by atoms with Gasteiger partial charge in [0.15, 0.2) is 5.78 Å². The van der Waals surface area contributed by atoms with Gasteiger partial charge in [0, 0.05) is 23.7 Å².